The predicted octanol–water partition coefficient (Wildman–Crippen LogP) is 1.40. The van der Waals surface area contributed by atoms with Crippen molar-refractivity contribution in [1.29, 1.82) is 0 Å². The summed E-state index contributed by atoms with van der Waals surface area (Å²) in [6.07, 6.45) is 3.38. The smallest absolute Gasteiger partial charge is 0.243 e. The number of aryl methyl sites for hydroxylation is 1. The SMILES string of the molecule is Cc1ccc(N)c(S(=O)(=O)NC2CCN(C3CC3)C2)c1C. The number of likely N-dealkylation sites (tertiary alicyclic amines) is 1. The topological polar surface area (TPSA) is 75.4 Å². The highest BCUT2D eigenvalue weighted by molar-refractivity contribution is 7.89. The highest BCUT2D eigenvalue weighted by Crippen LogP contribution is 2.31. The molecule has 1 aliphatic carbocycles. The first-order valence-electron chi connectivity index (χ1n) is 7.50. The maximum Gasteiger partial charge on any atom is 0.243 e. The highest BCUT2D eigenvalue weighted by atomic mass is 32.2. The van der Waals surface area contributed by atoms with E-state index in [4.69, 9.17) is 5.73 Å². The molecule has 1 aliphatic heterocycles. The Bertz CT molecular complexity index is 653. The molecule has 3 N–H and O–H groups in total. The summed E-state index contributed by atoms with van der Waals surface area (Å²) in [5.41, 5.74) is 7.90. The number of anilines is 1. The Labute approximate surface area is 126 Å². The Kier molecular flexibility index (Phi) is 3.71. The lowest BCUT2D eigenvalue weighted by molar-refractivity contribution is 0.322. The lowest BCUT2D eigenvalue weighted by atomic mass is 10.1. The van der Waals surface area contributed by atoms with Gasteiger partial charge in [-0.2, -0.15) is 0 Å². The zero-order valence-electron chi connectivity index (χ0n) is 12.6. The minimum Gasteiger partial charge on any atom is -0.398 e. The van der Waals surface area contributed by atoms with Crippen molar-refractivity contribution >= 4 is 15.7 Å². The second-order valence-corrected chi connectivity index (χ2v) is 7.91. The van der Waals surface area contributed by atoms with E-state index >= 15 is 0 Å². The predicted molar refractivity (Wildman–Crippen MR) is 83.6 cm³/mol. The molecule has 1 unspecified atom stereocenters. The van der Waals surface area contributed by atoms with Crippen molar-refractivity contribution in [3.63, 3.8) is 0 Å². The van der Waals surface area contributed by atoms with E-state index in [1.807, 2.05) is 19.9 Å². The molecule has 1 saturated heterocycles. The van der Waals surface area contributed by atoms with Crippen molar-refractivity contribution < 1.29 is 8.42 Å². The van der Waals surface area contributed by atoms with Gasteiger partial charge in [0.1, 0.15) is 4.90 Å². The van der Waals surface area contributed by atoms with Gasteiger partial charge in [0.2, 0.25) is 10.0 Å². The Morgan fingerprint density at radius 3 is 2.62 bits per heavy atom. The van der Waals surface area contributed by atoms with E-state index in [1.54, 1.807) is 6.07 Å². The fraction of sp³-hybridized carbons (Fsp3) is 0.600. The Morgan fingerprint density at radius 2 is 1.95 bits per heavy atom. The fourth-order valence-corrected chi connectivity index (χ4v) is 4.79. The number of nitrogen functional groups attached to an aromatic ring is 1. The van der Waals surface area contributed by atoms with E-state index in [0.29, 0.717) is 11.7 Å². The zero-order chi connectivity index (χ0) is 15.2. The van der Waals surface area contributed by atoms with Crippen molar-refractivity contribution in [3.8, 4) is 0 Å². The number of sulfonamides is 1. The number of nitrogens with one attached hydrogen (secondary N) is 1. The fourth-order valence-electron chi connectivity index (χ4n) is 3.10. The van der Waals surface area contributed by atoms with E-state index in [0.717, 1.165) is 30.6 Å². The summed E-state index contributed by atoms with van der Waals surface area (Å²) in [7, 11) is -3.56. The number of nitrogens with two attached hydrogens (primary N) is 1. The summed E-state index contributed by atoms with van der Waals surface area (Å²) in [6.45, 7) is 5.51. The standard InChI is InChI=1S/C15H23N3O2S/c1-10-3-6-14(16)15(11(10)2)21(19,20)17-12-7-8-18(9-12)13-4-5-13/h3,6,12-13,17H,4-5,7-9,16H2,1-2H3. The molecular weight excluding hydrogens is 286 g/mol. The molecule has 5 nitrogen and oxygen atoms in total. The quantitative estimate of drug-likeness (QED) is 0.824. The third kappa shape index (κ3) is 2.93. The molecule has 1 heterocycles. The van der Waals surface area contributed by atoms with Crippen molar-refractivity contribution in [2.75, 3.05) is 18.8 Å². The van der Waals surface area contributed by atoms with Crippen LogP contribution in [0.3, 0.4) is 0 Å². The van der Waals surface area contributed by atoms with E-state index in [1.165, 1.54) is 12.8 Å². The molecule has 0 spiro atoms. The number of benzene rings is 1. The average molecular weight is 309 g/mol. The zero-order valence-corrected chi connectivity index (χ0v) is 13.4. The lowest BCUT2D eigenvalue weighted by Crippen LogP contribution is -2.38. The van der Waals surface area contributed by atoms with E-state index in [2.05, 4.69) is 9.62 Å². The normalized spacial score (nSPS) is 23.6. The summed E-state index contributed by atoms with van der Waals surface area (Å²) >= 11 is 0. The third-order valence-electron chi connectivity index (χ3n) is 4.58. The molecule has 0 bridgehead atoms. The van der Waals surface area contributed by atoms with Crippen LogP contribution in [0.15, 0.2) is 17.0 Å². The van der Waals surface area contributed by atoms with Crippen LogP contribution in [0.25, 0.3) is 0 Å². The van der Waals surface area contributed by atoms with Crippen molar-refractivity contribution in [3.05, 3.63) is 23.3 Å². The van der Waals surface area contributed by atoms with Crippen molar-refractivity contribution in [2.24, 2.45) is 0 Å². The van der Waals surface area contributed by atoms with Crippen LogP contribution in [-0.4, -0.2) is 38.5 Å². The minimum absolute atomic E-state index is 0.00471. The number of hydrogen-bond acceptors (Lipinski definition) is 4. The number of nitrogens with zero attached hydrogens (tertiary/aromatic N) is 1. The molecule has 3 rings (SSSR count). The van der Waals surface area contributed by atoms with E-state index in [9.17, 15) is 8.42 Å². The van der Waals surface area contributed by atoms with Gasteiger partial charge < -0.3 is 5.73 Å². The van der Waals surface area contributed by atoms with Gasteiger partial charge in [-0.05, 0) is 50.3 Å². The van der Waals surface area contributed by atoms with Crippen molar-refractivity contribution in [1.82, 2.24) is 9.62 Å². The minimum atomic E-state index is -3.56. The first kappa shape index (κ1) is 14.8. The maximum absolute atomic E-state index is 12.7. The van der Waals surface area contributed by atoms with Crippen LogP contribution in [0.5, 0.6) is 0 Å². The maximum atomic E-state index is 12.7. The average Bonchev–Trinajstić information content (AvgIpc) is 3.15. The van der Waals surface area contributed by atoms with Crippen LogP contribution in [0.2, 0.25) is 0 Å². The Morgan fingerprint density at radius 1 is 1.24 bits per heavy atom. The molecule has 1 saturated carbocycles. The van der Waals surface area contributed by atoms with Crippen LogP contribution >= 0.6 is 0 Å². The molecule has 1 aromatic rings. The van der Waals surface area contributed by atoms with Gasteiger partial charge in [0.25, 0.3) is 0 Å². The Hall–Kier alpha value is -1.11. The molecule has 21 heavy (non-hydrogen) atoms. The molecule has 2 aliphatic rings. The lowest BCUT2D eigenvalue weighted by Gasteiger charge is -2.18. The van der Waals surface area contributed by atoms with Gasteiger partial charge in [-0.15, -0.1) is 0 Å². The summed E-state index contributed by atoms with van der Waals surface area (Å²) in [4.78, 5) is 2.63. The molecule has 1 aromatic carbocycles. The summed E-state index contributed by atoms with van der Waals surface area (Å²) in [6, 6.07) is 4.20. The largest absolute Gasteiger partial charge is 0.398 e. The third-order valence-corrected chi connectivity index (χ3v) is 6.30. The molecule has 0 aromatic heterocycles. The first-order chi connectivity index (χ1) is 9.88. The first-order valence-corrected chi connectivity index (χ1v) is 8.99. The van der Waals surface area contributed by atoms with Crippen LogP contribution in [0.4, 0.5) is 5.69 Å². The second kappa shape index (κ2) is 5.26. The molecule has 1 atom stereocenters. The molecule has 116 valence electrons. The van der Waals surface area contributed by atoms with Crippen LogP contribution < -0.4 is 10.5 Å². The van der Waals surface area contributed by atoms with Gasteiger partial charge in [-0.3, -0.25) is 4.90 Å². The second-order valence-electron chi connectivity index (χ2n) is 6.26. The summed E-state index contributed by atoms with van der Waals surface area (Å²) in [5.74, 6) is 0. The van der Waals surface area contributed by atoms with Gasteiger partial charge in [0, 0.05) is 25.2 Å². The summed E-state index contributed by atoms with van der Waals surface area (Å²) < 4.78 is 28.2. The molecule has 2 fully saturated rings. The molecule has 0 amide bonds. The Balaban J connectivity index is 1.80. The number of hydrogen-bond donors (Lipinski definition) is 2. The molecular formula is C15H23N3O2S. The van der Waals surface area contributed by atoms with E-state index in [-0.39, 0.29) is 10.9 Å². The molecule has 0 radical (unpaired) electrons. The van der Waals surface area contributed by atoms with Gasteiger partial charge in [0.05, 0.1) is 5.69 Å². The van der Waals surface area contributed by atoms with Crippen LogP contribution in [0, 0.1) is 13.8 Å². The highest BCUT2D eigenvalue weighted by Gasteiger charge is 2.36. The van der Waals surface area contributed by atoms with Gasteiger partial charge in [-0.1, -0.05) is 6.07 Å². The van der Waals surface area contributed by atoms with Gasteiger partial charge >= 0.3 is 0 Å². The van der Waals surface area contributed by atoms with Crippen LogP contribution in [0.1, 0.15) is 30.4 Å². The summed E-state index contributed by atoms with van der Waals surface area (Å²) in [5, 5.41) is 0. The number of rotatable bonds is 4. The van der Waals surface area contributed by atoms with Gasteiger partial charge in [0.15, 0.2) is 0 Å². The van der Waals surface area contributed by atoms with Crippen molar-refractivity contribution in [2.45, 2.75) is 50.1 Å². The van der Waals surface area contributed by atoms with Crippen LogP contribution in [-0.2, 0) is 10.0 Å². The van der Waals surface area contributed by atoms with E-state index < -0.39 is 10.0 Å². The monoisotopic (exact) mass is 309 g/mol. The van der Waals surface area contributed by atoms with Gasteiger partial charge in [-0.25, -0.2) is 13.1 Å². The molecule has 6 heteroatoms.